The number of benzene rings is 2. The van der Waals surface area contributed by atoms with Crippen molar-refractivity contribution in [2.24, 2.45) is 4.99 Å². The Morgan fingerprint density at radius 3 is 2.56 bits per heavy atom. The summed E-state index contributed by atoms with van der Waals surface area (Å²) in [5.41, 5.74) is 3.09. The fourth-order valence-corrected chi connectivity index (χ4v) is 2.85. The zero-order valence-electron chi connectivity index (χ0n) is 13.9. The summed E-state index contributed by atoms with van der Waals surface area (Å²) in [6.07, 6.45) is 0. The van der Waals surface area contributed by atoms with Gasteiger partial charge in [0.2, 0.25) is 0 Å². The van der Waals surface area contributed by atoms with Crippen molar-refractivity contribution in [1.82, 2.24) is 9.78 Å². The normalized spacial score (nSPS) is 11.8. The van der Waals surface area contributed by atoms with Crippen molar-refractivity contribution >= 4 is 17.3 Å². The second-order valence-electron chi connectivity index (χ2n) is 5.72. The Bertz CT molecular complexity index is 987. The topological polar surface area (TPSA) is 50.1 Å². The van der Waals surface area contributed by atoms with E-state index in [1.165, 1.54) is 16.8 Å². The maximum absolute atomic E-state index is 13.1. The maximum Gasteiger partial charge on any atom is 0.280 e. The van der Waals surface area contributed by atoms with Gasteiger partial charge in [0.05, 0.1) is 17.8 Å². The van der Waals surface area contributed by atoms with Gasteiger partial charge in [-0.25, -0.2) is 9.07 Å². The number of hydrogen-bond acceptors (Lipinski definition) is 2. The second-order valence-corrected chi connectivity index (χ2v) is 6.13. The van der Waals surface area contributed by atoms with Gasteiger partial charge in [-0.15, -0.1) is 0 Å². The molecule has 0 bridgehead atoms. The zero-order chi connectivity index (χ0) is 18.0. The molecule has 0 unspecified atom stereocenters. The van der Waals surface area contributed by atoms with Crippen LogP contribution in [0.25, 0.3) is 5.69 Å². The average molecular weight is 358 g/mol. The highest BCUT2D eigenvalue weighted by atomic mass is 35.5. The fourth-order valence-electron chi connectivity index (χ4n) is 2.65. The molecule has 0 saturated heterocycles. The maximum atomic E-state index is 13.1. The highest BCUT2D eigenvalue weighted by Gasteiger charge is 2.15. The summed E-state index contributed by atoms with van der Waals surface area (Å²) in [5.74, 6) is -0.349. The Kier molecular flexibility index (Phi) is 4.86. The van der Waals surface area contributed by atoms with Gasteiger partial charge in [-0.1, -0.05) is 29.8 Å². The van der Waals surface area contributed by atoms with Crippen LogP contribution in [-0.4, -0.2) is 15.5 Å². The highest BCUT2D eigenvalue weighted by Crippen LogP contribution is 2.16. The van der Waals surface area contributed by atoms with E-state index in [-0.39, 0.29) is 11.4 Å². The van der Waals surface area contributed by atoms with Crippen LogP contribution in [0.15, 0.2) is 58.3 Å². The third kappa shape index (κ3) is 3.56. The van der Waals surface area contributed by atoms with E-state index in [1.807, 2.05) is 31.2 Å². The number of nitrogens with one attached hydrogen (secondary N) is 1. The van der Waals surface area contributed by atoms with Gasteiger partial charge in [-0.3, -0.25) is 14.9 Å². The first-order valence-corrected chi connectivity index (χ1v) is 8.17. The van der Waals surface area contributed by atoms with Crippen LogP contribution in [0.4, 0.5) is 4.39 Å². The molecule has 1 N–H and O–H groups in total. The molecule has 0 atom stereocenters. The molecule has 0 amide bonds. The van der Waals surface area contributed by atoms with E-state index in [2.05, 4.69) is 10.1 Å². The molecular formula is C19H17ClFN3O. The van der Waals surface area contributed by atoms with E-state index in [1.54, 1.807) is 19.1 Å². The van der Waals surface area contributed by atoms with Gasteiger partial charge < -0.3 is 0 Å². The van der Waals surface area contributed by atoms with Crippen LogP contribution >= 0.6 is 11.6 Å². The summed E-state index contributed by atoms with van der Waals surface area (Å²) in [6, 6.07) is 13.2. The van der Waals surface area contributed by atoms with Crippen molar-refractivity contribution in [3.8, 4) is 5.69 Å². The molecule has 3 aromatic rings. The monoisotopic (exact) mass is 357 g/mol. The molecular weight excluding hydrogens is 341 g/mol. The van der Waals surface area contributed by atoms with Gasteiger partial charge in [0.15, 0.2) is 0 Å². The third-order valence-electron chi connectivity index (χ3n) is 3.96. The van der Waals surface area contributed by atoms with Crippen molar-refractivity contribution in [2.75, 3.05) is 0 Å². The number of rotatable bonds is 4. The minimum atomic E-state index is -0.349. The number of aliphatic imine (C=N–C) groups is 1. The Labute approximate surface area is 149 Å². The van der Waals surface area contributed by atoms with E-state index in [0.717, 1.165) is 5.56 Å². The molecule has 0 fully saturated rings. The molecule has 0 aliphatic rings. The number of halogens is 2. The van der Waals surface area contributed by atoms with Gasteiger partial charge in [0, 0.05) is 16.4 Å². The summed E-state index contributed by atoms with van der Waals surface area (Å²) in [5, 5.41) is 3.66. The molecule has 2 aromatic carbocycles. The van der Waals surface area contributed by atoms with Crippen molar-refractivity contribution < 1.29 is 4.39 Å². The van der Waals surface area contributed by atoms with E-state index in [4.69, 9.17) is 11.6 Å². The molecule has 1 heterocycles. The molecule has 0 aliphatic carbocycles. The number of hydrogen-bond donors (Lipinski definition) is 1. The van der Waals surface area contributed by atoms with Gasteiger partial charge >= 0.3 is 0 Å². The van der Waals surface area contributed by atoms with Crippen LogP contribution in [0.2, 0.25) is 5.02 Å². The van der Waals surface area contributed by atoms with Gasteiger partial charge in [-0.2, -0.15) is 0 Å². The van der Waals surface area contributed by atoms with Crippen LogP contribution in [-0.2, 0) is 6.54 Å². The Morgan fingerprint density at radius 1 is 1.20 bits per heavy atom. The quantitative estimate of drug-likeness (QED) is 0.696. The van der Waals surface area contributed by atoms with Crippen LogP contribution in [0.3, 0.4) is 0 Å². The number of H-pyrrole nitrogens is 1. The van der Waals surface area contributed by atoms with E-state index >= 15 is 0 Å². The van der Waals surface area contributed by atoms with Crippen molar-refractivity contribution in [1.29, 1.82) is 0 Å². The Balaban J connectivity index is 1.95. The van der Waals surface area contributed by atoms with Crippen LogP contribution < -0.4 is 5.56 Å². The summed E-state index contributed by atoms with van der Waals surface area (Å²) < 4.78 is 14.5. The molecule has 4 nitrogen and oxygen atoms in total. The molecule has 1 aromatic heterocycles. The molecule has 25 heavy (non-hydrogen) atoms. The number of aryl methyl sites for hydroxylation is 1. The lowest BCUT2D eigenvalue weighted by atomic mass is 10.1. The minimum Gasteiger partial charge on any atom is -0.295 e. The van der Waals surface area contributed by atoms with E-state index in [0.29, 0.717) is 34.2 Å². The predicted octanol–water partition coefficient (Wildman–Crippen LogP) is 4.28. The largest absolute Gasteiger partial charge is 0.295 e. The third-order valence-corrected chi connectivity index (χ3v) is 4.33. The van der Waals surface area contributed by atoms with E-state index in [9.17, 15) is 9.18 Å². The molecule has 6 heteroatoms. The lowest BCUT2D eigenvalue weighted by Crippen LogP contribution is -2.19. The first-order chi connectivity index (χ1) is 12.0. The number of aromatic nitrogens is 2. The number of aromatic amines is 1. The SMILES string of the molecule is CC(=NCc1ccccc1Cl)c1c(C)[nH]n(-c2ccc(F)cc2)c1=O. The average Bonchev–Trinajstić information content (AvgIpc) is 2.89. The number of nitrogens with zero attached hydrogens (tertiary/aromatic N) is 2. The van der Waals surface area contributed by atoms with Crippen LogP contribution in [0.1, 0.15) is 23.7 Å². The first kappa shape index (κ1) is 17.2. The minimum absolute atomic E-state index is 0.218. The van der Waals surface area contributed by atoms with Crippen molar-refractivity contribution in [3.05, 3.63) is 86.5 Å². The highest BCUT2D eigenvalue weighted by molar-refractivity contribution is 6.31. The predicted molar refractivity (Wildman–Crippen MR) is 98.5 cm³/mol. The molecule has 3 rings (SSSR count). The lowest BCUT2D eigenvalue weighted by Gasteiger charge is -2.02. The molecule has 0 saturated carbocycles. The molecule has 128 valence electrons. The Morgan fingerprint density at radius 2 is 1.88 bits per heavy atom. The zero-order valence-corrected chi connectivity index (χ0v) is 14.6. The van der Waals surface area contributed by atoms with Gasteiger partial charge in [0.25, 0.3) is 5.56 Å². The smallest absolute Gasteiger partial charge is 0.280 e. The Hall–Kier alpha value is -2.66. The summed E-state index contributed by atoms with van der Waals surface area (Å²) in [4.78, 5) is 17.2. The van der Waals surface area contributed by atoms with Gasteiger partial charge in [-0.05, 0) is 49.7 Å². The van der Waals surface area contributed by atoms with Crippen LogP contribution in [0, 0.1) is 12.7 Å². The van der Waals surface area contributed by atoms with Crippen molar-refractivity contribution in [2.45, 2.75) is 20.4 Å². The summed E-state index contributed by atoms with van der Waals surface area (Å²) >= 11 is 6.14. The van der Waals surface area contributed by atoms with Crippen LogP contribution in [0.5, 0.6) is 0 Å². The lowest BCUT2D eigenvalue weighted by molar-refractivity contribution is 0.627. The van der Waals surface area contributed by atoms with E-state index < -0.39 is 0 Å². The second kappa shape index (κ2) is 7.07. The molecule has 0 spiro atoms. The van der Waals surface area contributed by atoms with Gasteiger partial charge in [0.1, 0.15) is 5.82 Å². The molecule has 0 aliphatic heterocycles. The van der Waals surface area contributed by atoms with Crippen molar-refractivity contribution in [3.63, 3.8) is 0 Å². The summed E-state index contributed by atoms with van der Waals surface area (Å²) in [7, 11) is 0. The fraction of sp³-hybridized carbons (Fsp3) is 0.158. The standard InChI is InChI=1S/C19H17ClFN3O/c1-12(22-11-14-5-3-4-6-17(14)20)18-13(2)23-24(19(18)25)16-9-7-15(21)8-10-16/h3-10,23H,11H2,1-2H3. The molecule has 0 radical (unpaired) electrons. The summed E-state index contributed by atoms with van der Waals surface area (Å²) in [6.45, 7) is 4.00. The first-order valence-electron chi connectivity index (χ1n) is 7.80.